The predicted octanol–water partition coefficient (Wildman–Crippen LogP) is 5.13. The zero-order valence-electron chi connectivity index (χ0n) is 19.1. The molecule has 0 saturated heterocycles. The number of benzene rings is 2. The van der Waals surface area contributed by atoms with E-state index in [1.54, 1.807) is 41.1 Å². The van der Waals surface area contributed by atoms with Crippen LogP contribution in [0.3, 0.4) is 0 Å². The van der Waals surface area contributed by atoms with Crippen LogP contribution in [0.25, 0.3) is 22.5 Å². The van der Waals surface area contributed by atoms with Gasteiger partial charge in [0.05, 0.1) is 11.4 Å². The van der Waals surface area contributed by atoms with E-state index in [0.29, 0.717) is 38.3 Å². The van der Waals surface area contributed by atoms with Gasteiger partial charge in [-0.1, -0.05) is 52.6 Å². The molecule has 10 heteroatoms. The van der Waals surface area contributed by atoms with E-state index in [1.165, 1.54) is 0 Å². The number of aromatic nitrogens is 3. The quantitative estimate of drug-likeness (QED) is 0.337. The number of hydrogen-bond acceptors (Lipinski definition) is 6. The number of carbonyl (C=O) groups is 2. The third-order valence-electron chi connectivity index (χ3n) is 5.45. The molecule has 0 aliphatic rings. The van der Waals surface area contributed by atoms with Gasteiger partial charge in [-0.25, -0.2) is 4.68 Å². The highest BCUT2D eigenvalue weighted by Crippen LogP contribution is 2.31. The summed E-state index contributed by atoms with van der Waals surface area (Å²) in [6.07, 6.45) is 0.282. The predicted molar refractivity (Wildman–Crippen MR) is 135 cm³/mol. The SMILES string of the molecule is CC(C)n1nc(-c2ccc(CC(=O)Cc3cc(-c4ccc(Cl)cc4Cl)no3)cc2)c(C(N)=O)c1N. The van der Waals surface area contributed by atoms with Crippen molar-refractivity contribution in [1.29, 1.82) is 0 Å². The highest BCUT2D eigenvalue weighted by Gasteiger charge is 2.22. The van der Waals surface area contributed by atoms with Gasteiger partial charge in [0.1, 0.15) is 34.3 Å². The molecule has 0 fully saturated rings. The summed E-state index contributed by atoms with van der Waals surface area (Å²) < 4.78 is 6.89. The van der Waals surface area contributed by atoms with Crippen molar-refractivity contribution in [2.24, 2.45) is 5.73 Å². The van der Waals surface area contributed by atoms with Crippen LogP contribution in [0, 0.1) is 0 Å². The molecular formula is C25H23Cl2N5O3. The fourth-order valence-electron chi connectivity index (χ4n) is 3.77. The summed E-state index contributed by atoms with van der Waals surface area (Å²) in [7, 11) is 0. The van der Waals surface area contributed by atoms with Gasteiger partial charge < -0.3 is 16.0 Å². The zero-order chi connectivity index (χ0) is 25.3. The first kappa shape index (κ1) is 24.5. The van der Waals surface area contributed by atoms with Crippen LogP contribution in [-0.4, -0.2) is 26.6 Å². The van der Waals surface area contributed by atoms with Gasteiger partial charge in [0.2, 0.25) is 0 Å². The first-order valence-electron chi connectivity index (χ1n) is 10.8. The average molecular weight is 512 g/mol. The molecule has 4 aromatic rings. The summed E-state index contributed by atoms with van der Waals surface area (Å²) >= 11 is 12.2. The summed E-state index contributed by atoms with van der Waals surface area (Å²) in [6, 6.07) is 13.9. The van der Waals surface area contributed by atoms with E-state index < -0.39 is 5.91 Å². The lowest BCUT2D eigenvalue weighted by atomic mass is 10.0. The molecule has 1 amide bonds. The number of Topliss-reactive ketones (excluding diaryl/α,β-unsaturated/α-hetero) is 1. The lowest BCUT2D eigenvalue weighted by Gasteiger charge is -2.06. The zero-order valence-corrected chi connectivity index (χ0v) is 20.6. The van der Waals surface area contributed by atoms with E-state index in [4.69, 9.17) is 39.2 Å². The van der Waals surface area contributed by atoms with Gasteiger partial charge in [0.25, 0.3) is 5.91 Å². The Morgan fingerprint density at radius 1 is 1.06 bits per heavy atom. The lowest BCUT2D eigenvalue weighted by molar-refractivity contribution is -0.118. The Balaban J connectivity index is 1.46. The third-order valence-corrected chi connectivity index (χ3v) is 6.00. The van der Waals surface area contributed by atoms with Crippen LogP contribution in [0.4, 0.5) is 5.82 Å². The first-order chi connectivity index (χ1) is 16.6. The molecule has 2 aromatic carbocycles. The van der Waals surface area contributed by atoms with Gasteiger partial charge in [-0.2, -0.15) is 5.10 Å². The molecule has 4 rings (SSSR count). The van der Waals surface area contributed by atoms with Crippen LogP contribution >= 0.6 is 23.2 Å². The Labute approximate surface area is 211 Å². The fourth-order valence-corrected chi connectivity index (χ4v) is 4.28. The summed E-state index contributed by atoms with van der Waals surface area (Å²) in [6.45, 7) is 3.82. The number of hydrogen-bond donors (Lipinski definition) is 2. The Morgan fingerprint density at radius 2 is 1.77 bits per heavy atom. The standard InChI is InChI=1S/C25H23Cl2N5O3/c1-13(2)32-24(28)22(25(29)34)23(30-32)15-5-3-14(4-6-15)9-17(33)11-18-12-21(31-35-18)19-8-7-16(26)10-20(19)27/h3-8,10,12-13H,9,11,28H2,1-2H3,(H2,29,34). The molecule has 0 radical (unpaired) electrons. The highest BCUT2D eigenvalue weighted by atomic mass is 35.5. The van der Waals surface area contributed by atoms with Gasteiger partial charge in [0, 0.05) is 34.7 Å². The molecular weight excluding hydrogens is 489 g/mol. The normalized spacial score (nSPS) is 11.2. The van der Waals surface area contributed by atoms with Crippen LogP contribution < -0.4 is 11.5 Å². The van der Waals surface area contributed by atoms with Crippen LogP contribution in [0.15, 0.2) is 53.1 Å². The van der Waals surface area contributed by atoms with Gasteiger partial charge >= 0.3 is 0 Å². The maximum absolute atomic E-state index is 12.6. The van der Waals surface area contributed by atoms with Crippen LogP contribution in [-0.2, 0) is 17.6 Å². The number of amides is 1. The van der Waals surface area contributed by atoms with E-state index in [1.807, 2.05) is 26.0 Å². The van der Waals surface area contributed by atoms with Crippen LogP contribution in [0.5, 0.6) is 0 Å². The molecule has 0 bridgehead atoms. The number of nitrogens with zero attached hydrogens (tertiary/aromatic N) is 3. The number of rotatable bonds is 8. The van der Waals surface area contributed by atoms with E-state index in [-0.39, 0.29) is 36.0 Å². The molecule has 0 atom stereocenters. The van der Waals surface area contributed by atoms with Crippen molar-refractivity contribution in [1.82, 2.24) is 14.9 Å². The van der Waals surface area contributed by atoms with Crippen molar-refractivity contribution in [3.05, 3.63) is 75.5 Å². The molecule has 0 aliphatic heterocycles. The van der Waals surface area contributed by atoms with E-state index in [2.05, 4.69) is 10.3 Å². The molecule has 180 valence electrons. The number of halogens is 2. The van der Waals surface area contributed by atoms with Crippen LogP contribution in [0.2, 0.25) is 10.0 Å². The Hall–Kier alpha value is -3.62. The van der Waals surface area contributed by atoms with Crippen LogP contribution in [0.1, 0.15) is 41.6 Å². The molecule has 35 heavy (non-hydrogen) atoms. The second kappa shape index (κ2) is 9.93. The first-order valence-corrected chi connectivity index (χ1v) is 11.6. The largest absolute Gasteiger partial charge is 0.383 e. The second-order valence-electron chi connectivity index (χ2n) is 8.40. The molecule has 2 aromatic heterocycles. The molecule has 0 saturated carbocycles. The minimum Gasteiger partial charge on any atom is -0.383 e. The van der Waals surface area contributed by atoms with E-state index in [9.17, 15) is 9.59 Å². The summed E-state index contributed by atoms with van der Waals surface area (Å²) in [5.74, 6) is -0.0229. The fraction of sp³-hybridized carbons (Fsp3) is 0.200. The molecule has 0 aliphatic carbocycles. The van der Waals surface area contributed by atoms with Crippen molar-refractivity contribution in [3.8, 4) is 22.5 Å². The Bertz CT molecular complexity index is 1410. The number of nitrogen functional groups attached to an aromatic ring is 1. The number of nitrogens with two attached hydrogens (primary N) is 2. The minimum absolute atomic E-state index is 0.0360. The monoisotopic (exact) mass is 511 g/mol. The number of anilines is 1. The van der Waals surface area contributed by atoms with E-state index in [0.717, 1.165) is 5.56 Å². The lowest BCUT2D eigenvalue weighted by Crippen LogP contribution is -2.15. The van der Waals surface area contributed by atoms with Crippen molar-refractivity contribution < 1.29 is 14.1 Å². The number of ketones is 1. The highest BCUT2D eigenvalue weighted by molar-refractivity contribution is 6.36. The number of carbonyl (C=O) groups excluding carboxylic acids is 2. The third kappa shape index (κ3) is 5.23. The average Bonchev–Trinajstić information content (AvgIpc) is 3.38. The molecule has 0 unspecified atom stereocenters. The maximum Gasteiger partial charge on any atom is 0.254 e. The minimum atomic E-state index is -0.644. The maximum atomic E-state index is 12.6. The topological polar surface area (TPSA) is 130 Å². The number of primary amides is 1. The van der Waals surface area contributed by atoms with Crippen molar-refractivity contribution >= 4 is 40.7 Å². The summed E-state index contributed by atoms with van der Waals surface area (Å²) in [4.78, 5) is 24.6. The smallest absolute Gasteiger partial charge is 0.254 e. The molecule has 0 spiro atoms. The van der Waals surface area contributed by atoms with Crippen molar-refractivity contribution in [2.75, 3.05) is 5.73 Å². The molecule has 8 nitrogen and oxygen atoms in total. The Kier molecular flexibility index (Phi) is 6.95. The van der Waals surface area contributed by atoms with Gasteiger partial charge in [-0.05, 0) is 37.6 Å². The summed E-state index contributed by atoms with van der Waals surface area (Å²) in [5.41, 5.74) is 14.9. The molecule has 4 N–H and O–H groups in total. The van der Waals surface area contributed by atoms with Gasteiger partial charge in [-0.15, -0.1) is 0 Å². The van der Waals surface area contributed by atoms with Crippen molar-refractivity contribution in [2.45, 2.75) is 32.7 Å². The van der Waals surface area contributed by atoms with Crippen molar-refractivity contribution in [3.63, 3.8) is 0 Å². The van der Waals surface area contributed by atoms with Gasteiger partial charge in [-0.3, -0.25) is 9.59 Å². The van der Waals surface area contributed by atoms with Gasteiger partial charge in [0.15, 0.2) is 0 Å². The summed E-state index contributed by atoms with van der Waals surface area (Å²) in [5, 5.41) is 9.45. The molecule has 2 heterocycles. The second-order valence-corrected chi connectivity index (χ2v) is 9.25. The van der Waals surface area contributed by atoms with E-state index >= 15 is 0 Å². The Morgan fingerprint density at radius 3 is 2.40 bits per heavy atom.